The third-order valence-corrected chi connectivity index (χ3v) is 5.13. The zero-order valence-corrected chi connectivity index (χ0v) is 11.1. The average Bonchev–Trinajstić information content (AvgIpc) is 2.90. The second-order valence-electron chi connectivity index (χ2n) is 5.97. The van der Waals surface area contributed by atoms with Gasteiger partial charge in [0.1, 0.15) is 11.3 Å². The van der Waals surface area contributed by atoms with Crippen LogP contribution in [0.2, 0.25) is 0 Å². The maximum absolute atomic E-state index is 12.5. The molecule has 0 spiro atoms. The van der Waals surface area contributed by atoms with Gasteiger partial charge in [-0.15, -0.1) is 0 Å². The average molecular weight is 251 g/mol. The summed E-state index contributed by atoms with van der Waals surface area (Å²) in [7, 11) is 0. The smallest absolute Gasteiger partial charge is 0.326 e. The Bertz CT molecular complexity index is 395. The van der Waals surface area contributed by atoms with Crippen molar-refractivity contribution in [2.24, 2.45) is 17.8 Å². The summed E-state index contributed by atoms with van der Waals surface area (Å²) in [6, 6.07) is 0. The Kier molecular flexibility index (Phi) is 2.73. The van der Waals surface area contributed by atoms with Crippen LogP contribution in [0.5, 0.6) is 0 Å². The van der Waals surface area contributed by atoms with Crippen molar-refractivity contribution in [2.45, 2.75) is 38.6 Å². The number of carbonyl (C=O) groups excluding carboxylic acids is 2. The fraction of sp³-hybridized carbons (Fsp3) is 0.857. The van der Waals surface area contributed by atoms with E-state index in [4.69, 9.17) is 4.74 Å². The van der Waals surface area contributed by atoms with E-state index in [2.05, 4.69) is 11.8 Å². The highest BCUT2D eigenvalue weighted by Gasteiger charge is 2.66. The van der Waals surface area contributed by atoms with E-state index in [0.717, 1.165) is 25.9 Å². The molecular formula is C14H21NO3. The molecule has 2 heterocycles. The molecule has 3 rings (SSSR count). The molecule has 3 fully saturated rings. The Morgan fingerprint density at radius 1 is 1.56 bits per heavy atom. The molecule has 4 heteroatoms. The molecule has 3 aliphatic rings. The lowest BCUT2D eigenvalue weighted by atomic mass is 9.75. The van der Waals surface area contributed by atoms with Crippen LogP contribution in [-0.2, 0) is 14.3 Å². The summed E-state index contributed by atoms with van der Waals surface area (Å²) in [5.74, 6) is 0.841. The van der Waals surface area contributed by atoms with Gasteiger partial charge in [0.15, 0.2) is 0 Å². The predicted octanol–water partition coefficient (Wildman–Crippen LogP) is 1.24. The summed E-state index contributed by atoms with van der Waals surface area (Å²) in [4.78, 5) is 26.7. The molecule has 4 nitrogen and oxygen atoms in total. The zero-order valence-electron chi connectivity index (χ0n) is 11.1. The first-order valence-corrected chi connectivity index (χ1v) is 7.06. The number of hydrogen-bond donors (Lipinski definition) is 0. The Hall–Kier alpha value is -0.900. The predicted molar refractivity (Wildman–Crippen MR) is 65.9 cm³/mol. The van der Waals surface area contributed by atoms with E-state index in [1.165, 1.54) is 0 Å². The maximum atomic E-state index is 12.5. The molecule has 0 aromatic heterocycles. The van der Waals surface area contributed by atoms with E-state index >= 15 is 0 Å². The van der Waals surface area contributed by atoms with Crippen LogP contribution in [0, 0.1) is 17.8 Å². The molecular weight excluding hydrogens is 230 g/mol. The quantitative estimate of drug-likeness (QED) is 0.693. The van der Waals surface area contributed by atoms with E-state index in [1.54, 1.807) is 0 Å². The van der Waals surface area contributed by atoms with Gasteiger partial charge in [-0.3, -0.25) is 14.5 Å². The van der Waals surface area contributed by atoms with Crippen molar-refractivity contribution in [2.75, 3.05) is 19.7 Å². The van der Waals surface area contributed by atoms with Gasteiger partial charge < -0.3 is 4.74 Å². The van der Waals surface area contributed by atoms with Crippen molar-refractivity contribution in [1.29, 1.82) is 0 Å². The SMILES string of the molecule is CCOC(=O)[C@]12CCCN1C[C@H]1C(=O)C[C@@H](C)[C@H]12. The van der Waals surface area contributed by atoms with Crippen LogP contribution < -0.4 is 0 Å². The minimum atomic E-state index is -0.480. The number of ether oxygens (including phenoxy) is 1. The van der Waals surface area contributed by atoms with Gasteiger partial charge in [-0.2, -0.15) is 0 Å². The number of carbonyl (C=O) groups is 2. The van der Waals surface area contributed by atoms with E-state index in [-0.39, 0.29) is 17.8 Å². The Balaban J connectivity index is 1.98. The number of esters is 1. The van der Waals surface area contributed by atoms with E-state index in [0.29, 0.717) is 24.7 Å². The van der Waals surface area contributed by atoms with Crippen LogP contribution in [0.15, 0.2) is 0 Å². The lowest BCUT2D eigenvalue weighted by Crippen LogP contribution is -2.52. The highest BCUT2D eigenvalue weighted by Crippen LogP contribution is 2.54. The fourth-order valence-electron chi connectivity index (χ4n) is 4.60. The maximum Gasteiger partial charge on any atom is 0.326 e. The Labute approximate surface area is 108 Å². The zero-order chi connectivity index (χ0) is 12.9. The van der Waals surface area contributed by atoms with E-state index in [9.17, 15) is 9.59 Å². The number of ketones is 1. The van der Waals surface area contributed by atoms with Crippen molar-refractivity contribution in [3.8, 4) is 0 Å². The van der Waals surface area contributed by atoms with Gasteiger partial charge in [-0.25, -0.2) is 0 Å². The van der Waals surface area contributed by atoms with Crippen LogP contribution in [0.3, 0.4) is 0 Å². The molecule has 0 aromatic rings. The second-order valence-corrected chi connectivity index (χ2v) is 5.97. The van der Waals surface area contributed by atoms with Crippen LogP contribution in [0.4, 0.5) is 0 Å². The second kappa shape index (κ2) is 4.05. The molecule has 4 atom stereocenters. The molecule has 18 heavy (non-hydrogen) atoms. The molecule has 2 aliphatic heterocycles. The minimum absolute atomic E-state index is 0.0738. The highest BCUT2D eigenvalue weighted by molar-refractivity contribution is 5.90. The summed E-state index contributed by atoms with van der Waals surface area (Å²) in [6.07, 6.45) is 2.55. The Morgan fingerprint density at radius 3 is 3.06 bits per heavy atom. The van der Waals surface area contributed by atoms with E-state index in [1.807, 2.05) is 6.92 Å². The topological polar surface area (TPSA) is 46.6 Å². The number of hydrogen-bond acceptors (Lipinski definition) is 4. The molecule has 0 radical (unpaired) electrons. The summed E-state index contributed by atoms with van der Waals surface area (Å²) >= 11 is 0. The first-order chi connectivity index (χ1) is 8.61. The third kappa shape index (κ3) is 1.35. The standard InChI is InChI=1S/C14H21NO3/c1-3-18-13(17)14-5-4-6-15(14)8-10-11(16)7-9(2)12(10)14/h9-10,12H,3-8H2,1-2H3/t9-,10+,12-,14-/m1/s1. The van der Waals surface area contributed by atoms with Gasteiger partial charge in [-0.1, -0.05) is 6.92 Å². The molecule has 1 saturated carbocycles. The van der Waals surface area contributed by atoms with Crippen LogP contribution >= 0.6 is 0 Å². The summed E-state index contributed by atoms with van der Waals surface area (Å²) in [5.41, 5.74) is -0.480. The highest BCUT2D eigenvalue weighted by atomic mass is 16.5. The molecule has 0 N–H and O–H groups in total. The Morgan fingerprint density at radius 2 is 2.33 bits per heavy atom. The first kappa shape index (κ1) is 12.2. The van der Waals surface area contributed by atoms with Gasteiger partial charge in [-0.05, 0) is 32.2 Å². The molecule has 0 aromatic carbocycles. The van der Waals surface area contributed by atoms with Gasteiger partial charge in [0.2, 0.25) is 0 Å². The molecule has 2 saturated heterocycles. The lowest BCUT2D eigenvalue weighted by molar-refractivity contribution is -0.157. The van der Waals surface area contributed by atoms with Crippen molar-refractivity contribution < 1.29 is 14.3 Å². The lowest BCUT2D eigenvalue weighted by Gasteiger charge is -2.36. The number of fused-ring (bicyclic) bond motifs is 3. The summed E-state index contributed by atoms with van der Waals surface area (Å²) in [6.45, 7) is 6.10. The number of nitrogens with zero attached hydrogens (tertiary/aromatic N) is 1. The van der Waals surface area contributed by atoms with Crippen LogP contribution in [0.25, 0.3) is 0 Å². The molecule has 0 bridgehead atoms. The molecule has 1 aliphatic carbocycles. The number of Topliss-reactive ketones (excluding diaryl/α,β-unsaturated/α-hetero) is 1. The van der Waals surface area contributed by atoms with Gasteiger partial charge in [0, 0.05) is 24.8 Å². The minimum Gasteiger partial charge on any atom is -0.465 e. The van der Waals surface area contributed by atoms with Crippen molar-refractivity contribution in [3.63, 3.8) is 0 Å². The van der Waals surface area contributed by atoms with Gasteiger partial charge in [0.05, 0.1) is 6.61 Å². The van der Waals surface area contributed by atoms with Gasteiger partial charge in [0.25, 0.3) is 0 Å². The molecule has 0 amide bonds. The van der Waals surface area contributed by atoms with Gasteiger partial charge >= 0.3 is 5.97 Å². The van der Waals surface area contributed by atoms with Crippen molar-refractivity contribution in [1.82, 2.24) is 4.90 Å². The summed E-state index contributed by atoms with van der Waals surface area (Å²) < 4.78 is 5.33. The summed E-state index contributed by atoms with van der Waals surface area (Å²) in [5, 5.41) is 0. The van der Waals surface area contributed by atoms with Crippen molar-refractivity contribution in [3.05, 3.63) is 0 Å². The molecule has 0 unspecified atom stereocenters. The first-order valence-electron chi connectivity index (χ1n) is 7.06. The largest absolute Gasteiger partial charge is 0.465 e. The third-order valence-electron chi connectivity index (χ3n) is 5.13. The fourth-order valence-corrected chi connectivity index (χ4v) is 4.60. The normalized spacial score (nSPS) is 43.0. The van der Waals surface area contributed by atoms with Crippen LogP contribution in [0.1, 0.15) is 33.1 Å². The number of rotatable bonds is 2. The monoisotopic (exact) mass is 251 g/mol. The van der Waals surface area contributed by atoms with Crippen LogP contribution in [-0.4, -0.2) is 41.9 Å². The van der Waals surface area contributed by atoms with Crippen molar-refractivity contribution >= 4 is 11.8 Å². The molecule has 100 valence electrons. The van der Waals surface area contributed by atoms with E-state index < -0.39 is 5.54 Å².